The molecule has 2 aromatic rings. The molecule has 4 rings (SSSR count). The Kier molecular flexibility index (Phi) is 2.88. The quantitative estimate of drug-likeness (QED) is 0.926. The molecular formula is C19H18O3. The molecule has 2 aliphatic carbocycles. The summed E-state index contributed by atoms with van der Waals surface area (Å²) in [6.07, 6.45) is 2.07. The highest BCUT2D eigenvalue weighted by Crippen LogP contribution is 2.45. The number of hydrogen-bond acceptors (Lipinski definition) is 3. The van der Waals surface area contributed by atoms with Gasteiger partial charge in [0.2, 0.25) is 0 Å². The Bertz CT molecular complexity index is 738. The van der Waals surface area contributed by atoms with Crippen molar-refractivity contribution >= 4 is 5.78 Å². The SMILES string of the molecule is COC1(C2Cc3c(O)cccc3C2=O)Cc2ccccc2C1. The second-order valence-corrected chi connectivity index (χ2v) is 6.32. The number of phenols is 1. The van der Waals surface area contributed by atoms with Gasteiger partial charge in [0.05, 0.1) is 11.5 Å². The summed E-state index contributed by atoms with van der Waals surface area (Å²) < 4.78 is 5.90. The fourth-order valence-corrected chi connectivity index (χ4v) is 4.07. The number of rotatable bonds is 2. The van der Waals surface area contributed by atoms with Gasteiger partial charge in [0.15, 0.2) is 5.78 Å². The number of ether oxygens (including phenoxy) is 1. The van der Waals surface area contributed by atoms with E-state index < -0.39 is 5.60 Å². The first-order chi connectivity index (χ1) is 10.6. The summed E-state index contributed by atoms with van der Waals surface area (Å²) in [7, 11) is 1.70. The van der Waals surface area contributed by atoms with Crippen molar-refractivity contribution in [3.63, 3.8) is 0 Å². The van der Waals surface area contributed by atoms with E-state index in [1.165, 1.54) is 11.1 Å². The van der Waals surface area contributed by atoms with Crippen molar-refractivity contribution in [1.29, 1.82) is 0 Å². The highest BCUT2D eigenvalue weighted by Gasteiger charge is 2.50. The summed E-state index contributed by atoms with van der Waals surface area (Å²) in [4.78, 5) is 12.9. The Morgan fingerprint density at radius 1 is 1.09 bits per heavy atom. The Morgan fingerprint density at radius 3 is 2.36 bits per heavy atom. The molecule has 3 nitrogen and oxygen atoms in total. The maximum atomic E-state index is 12.9. The zero-order valence-electron chi connectivity index (χ0n) is 12.5. The monoisotopic (exact) mass is 294 g/mol. The first-order valence-electron chi connectivity index (χ1n) is 7.61. The summed E-state index contributed by atoms with van der Waals surface area (Å²) in [6.45, 7) is 0. The first-order valence-corrected chi connectivity index (χ1v) is 7.61. The van der Waals surface area contributed by atoms with Crippen molar-refractivity contribution in [3.8, 4) is 5.75 Å². The number of hydrogen-bond donors (Lipinski definition) is 1. The van der Waals surface area contributed by atoms with Gasteiger partial charge in [0.1, 0.15) is 5.75 Å². The Morgan fingerprint density at radius 2 is 1.77 bits per heavy atom. The molecule has 1 atom stereocenters. The minimum absolute atomic E-state index is 0.0977. The standard InChI is InChI=1S/C19H18O3/c1-22-19(10-12-5-2-3-6-13(12)11-19)16-9-15-14(18(16)21)7-4-8-17(15)20/h2-8,16,20H,9-11H2,1H3. The molecule has 0 radical (unpaired) electrons. The van der Waals surface area contributed by atoms with Crippen LogP contribution in [0.25, 0.3) is 0 Å². The number of methoxy groups -OCH3 is 1. The predicted octanol–water partition coefficient (Wildman–Crippen LogP) is 2.93. The highest BCUT2D eigenvalue weighted by atomic mass is 16.5. The van der Waals surface area contributed by atoms with E-state index >= 15 is 0 Å². The zero-order chi connectivity index (χ0) is 15.3. The lowest BCUT2D eigenvalue weighted by Crippen LogP contribution is -2.44. The number of phenolic OH excluding ortho intramolecular Hbond substituents is 1. The van der Waals surface area contributed by atoms with Crippen LogP contribution in [0.1, 0.15) is 27.0 Å². The zero-order valence-corrected chi connectivity index (χ0v) is 12.5. The summed E-state index contributed by atoms with van der Waals surface area (Å²) in [5.41, 5.74) is 3.45. The van der Waals surface area contributed by atoms with Crippen LogP contribution >= 0.6 is 0 Å². The molecule has 0 aliphatic heterocycles. The van der Waals surface area contributed by atoms with Gasteiger partial charge >= 0.3 is 0 Å². The highest BCUT2D eigenvalue weighted by molar-refractivity contribution is 6.03. The average molecular weight is 294 g/mol. The lowest BCUT2D eigenvalue weighted by atomic mass is 9.81. The van der Waals surface area contributed by atoms with Crippen LogP contribution in [-0.4, -0.2) is 23.6 Å². The molecule has 0 fully saturated rings. The molecule has 22 heavy (non-hydrogen) atoms. The van der Waals surface area contributed by atoms with Gasteiger partial charge in [-0.25, -0.2) is 0 Å². The Hall–Kier alpha value is -2.13. The molecule has 0 aromatic heterocycles. The van der Waals surface area contributed by atoms with E-state index in [2.05, 4.69) is 12.1 Å². The van der Waals surface area contributed by atoms with Crippen LogP contribution in [0.2, 0.25) is 0 Å². The molecule has 0 spiro atoms. The molecule has 2 aromatic carbocycles. The summed E-state index contributed by atoms with van der Waals surface area (Å²) in [5, 5.41) is 10.0. The van der Waals surface area contributed by atoms with Crippen molar-refractivity contribution < 1.29 is 14.6 Å². The van der Waals surface area contributed by atoms with Crippen molar-refractivity contribution in [2.75, 3.05) is 7.11 Å². The predicted molar refractivity (Wildman–Crippen MR) is 83.2 cm³/mol. The van der Waals surface area contributed by atoms with Gasteiger partial charge in [-0.15, -0.1) is 0 Å². The van der Waals surface area contributed by atoms with Gasteiger partial charge < -0.3 is 9.84 Å². The number of carbonyl (C=O) groups excluding carboxylic acids is 1. The first kappa shape index (κ1) is 13.5. The normalized spacial score (nSPS) is 21.7. The molecule has 112 valence electrons. The van der Waals surface area contributed by atoms with Gasteiger partial charge in [-0.1, -0.05) is 36.4 Å². The lowest BCUT2D eigenvalue weighted by Gasteiger charge is -2.33. The van der Waals surface area contributed by atoms with Crippen LogP contribution < -0.4 is 0 Å². The van der Waals surface area contributed by atoms with Crippen LogP contribution in [0.5, 0.6) is 5.75 Å². The third-order valence-electron chi connectivity index (χ3n) is 5.28. The van der Waals surface area contributed by atoms with Crippen molar-refractivity contribution in [2.45, 2.75) is 24.9 Å². The van der Waals surface area contributed by atoms with Gasteiger partial charge in [-0.2, -0.15) is 0 Å². The minimum Gasteiger partial charge on any atom is -0.508 e. The fraction of sp³-hybridized carbons (Fsp3) is 0.316. The van der Waals surface area contributed by atoms with Crippen LogP contribution in [0.15, 0.2) is 42.5 Å². The molecule has 0 saturated heterocycles. The smallest absolute Gasteiger partial charge is 0.169 e. The molecule has 0 heterocycles. The van der Waals surface area contributed by atoms with Crippen LogP contribution in [0.4, 0.5) is 0 Å². The van der Waals surface area contributed by atoms with Gasteiger partial charge in [-0.3, -0.25) is 4.79 Å². The van der Waals surface area contributed by atoms with E-state index in [0.29, 0.717) is 12.0 Å². The van der Waals surface area contributed by atoms with Crippen LogP contribution in [0.3, 0.4) is 0 Å². The largest absolute Gasteiger partial charge is 0.508 e. The van der Waals surface area contributed by atoms with E-state index in [4.69, 9.17) is 4.74 Å². The molecule has 3 heteroatoms. The maximum Gasteiger partial charge on any atom is 0.169 e. The molecule has 2 aliphatic rings. The van der Waals surface area contributed by atoms with Crippen molar-refractivity contribution in [1.82, 2.24) is 0 Å². The van der Waals surface area contributed by atoms with Gasteiger partial charge in [0.25, 0.3) is 0 Å². The molecule has 0 saturated carbocycles. The second-order valence-electron chi connectivity index (χ2n) is 6.32. The topological polar surface area (TPSA) is 46.5 Å². The van der Waals surface area contributed by atoms with Gasteiger partial charge in [0, 0.05) is 31.1 Å². The molecule has 1 unspecified atom stereocenters. The Balaban J connectivity index is 1.74. The van der Waals surface area contributed by atoms with E-state index in [1.54, 1.807) is 19.2 Å². The van der Waals surface area contributed by atoms with E-state index in [-0.39, 0.29) is 17.5 Å². The third kappa shape index (κ3) is 1.75. The van der Waals surface area contributed by atoms with Crippen molar-refractivity contribution in [2.24, 2.45) is 5.92 Å². The molecule has 1 N–H and O–H groups in total. The number of fused-ring (bicyclic) bond motifs is 2. The number of aromatic hydroxyl groups is 1. The molecular weight excluding hydrogens is 276 g/mol. The lowest BCUT2D eigenvalue weighted by molar-refractivity contribution is -0.0385. The second kappa shape index (κ2) is 4.68. The third-order valence-corrected chi connectivity index (χ3v) is 5.28. The van der Waals surface area contributed by atoms with Crippen LogP contribution in [-0.2, 0) is 24.0 Å². The number of Topliss-reactive ketones (excluding diaryl/α,β-unsaturated/α-hetero) is 1. The average Bonchev–Trinajstić information content (AvgIpc) is 3.07. The summed E-state index contributed by atoms with van der Waals surface area (Å²) in [5.74, 6) is 0.0869. The number of carbonyl (C=O) groups is 1. The van der Waals surface area contributed by atoms with E-state index in [1.807, 2.05) is 18.2 Å². The van der Waals surface area contributed by atoms with E-state index in [9.17, 15) is 9.90 Å². The van der Waals surface area contributed by atoms with Gasteiger partial charge in [-0.05, 0) is 23.6 Å². The maximum absolute atomic E-state index is 12.9. The molecule has 0 amide bonds. The van der Waals surface area contributed by atoms with Crippen LogP contribution in [0, 0.1) is 5.92 Å². The number of benzene rings is 2. The number of ketones is 1. The Labute approximate surface area is 129 Å². The minimum atomic E-state index is -0.494. The molecule has 0 bridgehead atoms. The van der Waals surface area contributed by atoms with E-state index in [0.717, 1.165) is 18.4 Å². The fourth-order valence-electron chi connectivity index (χ4n) is 4.07. The van der Waals surface area contributed by atoms with Crippen molar-refractivity contribution in [3.05, 3.63) is 64.7 Å². The summed E-state index contributed by atoms with van der Waals surface area (Å²) >= 11 is 0. The summed E-state index contributed by atoms with van der Waals surface area (Å²) in [6, 6.07) is 13.5.